The Morgan fingerprint density at radius 3 is 2.64 bits per heavy atom. The van der Waals surface area contributed by atoms with Crippen LogP contribution in [0.5, 0.6) is 5.75 Å². The zero-order valence-electron chi connectivity index (χ0n) is 18.8. The molecule has 0 radical (unpaired) electrons. The number of carbonyl (C=O) groups excluding carboxylic acids is 1. The number of rotatable bonds is 9. The van der Waals surface area contributed by atoms with E-state index >= 15 is 0 Å². The number of hydrogen-bond donors (Lipinski definition) is 0. The summed E-state index contributed by atoms with van der Waals surface area (Å²) in [5.74, 6) is 0.751. The first kappa shape index (κ1) is 22.8. The van der Waals surface area contributed by atoms with Crippen LogP contribution in [0.4, 0.5) is 4.39 Å². The number of para-hydroxylation sites is 2. The molecule has 4 rings (SSSR count). The zero-order chi connectivity index (χ0) is 23.4. The van der Waals surface area contributed by atoms with Crippen molar-refractivity contribution in [2.75, 3.05) is 12.9 Å². The molecule has 0 fully saturated rings. The molecule has 170 valence electrons. The summed E-state index contributed by atoms with van der Waals surface area (Å²) in [6.45, 7) is 4.69. The average molecular weight is 465 g/mol. The van der Waals surface area contributed by atoms with E-state index in [0.717, 1.165) is 35.6 Å². The minimum absolute atomic E-state index is 0.0377. The van der Waals surface area contributed by atoms with Gasteiger partial charge in [0, 0.05) is 23.5 Å². The first-order valence-corrected chi connectivity index (χ1v) is 11.6. The maximum absolute atomic E-state index is 13.1. The number of hydrogen-bond acceptors (Lipinski definition) is 5. The van der Waals surface area contributed by atoms with Crippen molar-refractivity contribution in [3.63, 3.8) is 0 Å². The van der Waals surface area contributed by atoms with Crippen LogP contribution in [0.3, 0.4) is 0 Å². The van der Waals surface area contributed by atoms with Gasteiger partial charge in [-0.2, -0.15) is 0 Å². The van der Waals surface area contributed by atoms with E-state index in [4.69, 9.17) is 4.74 Å². The van der Waals surface area contributed by atoms with E-state index in [-0.39, 0.29) is 17.4 Å². The van der Waals surface area contributed by atoms with Crippen molar-refractivity contribution < 1.29 is 13.9 Å². The SMILES string of the molecule is COc1ccccc1-n1cnnc1SCC(=O)c1cc(C)n(CCc2ccc(F)cc2)c1C. The molecule has 2 aromatic carbocycles. The molecular formula is C25H25FN4O2S. The van der Waals surface area contributed by atoms with Crippen LogP contribution in [0.25, 0.3) is 5.69 Å². The number of Topliss-reactive ketones (excluding diaryl/α,β-unsaturated/α-hetero) is 1. The second kappa shape index (κ2) is 10.0. The van der Waals surface area contributed by atoms with Crippen molar-refractivity contribution in [1.29, 1.82) is 0 Å². The van der Waals surface area contributed by atoms with E-state index in [1.807, 2.05) is 48.7 Å². The van der Waals surface area contributed by atoms with Crippen molar-refractivity contribution in [2.24, 2.45) is 0 Å². The topological polar surface area (TPSA) is 61.9 Å². The minimum atomic E-state index is -0.237. The lowest BCUT2D eigenvalue weighted by molar-refractivity contribution is 0.102. The highest BCUT2D eigenvalue weighted by Crippen LogP contribution is 2.27. The van der Waals surface area contributed by atoms with Crippen molar-refractivity contribution in [3.05, 3.63) is 89.3 Å². The second-order valence-corrected chi connectivity index (χ2v) is 8.62. The summed E-state index contributed by atoms with van der Waals surface area (Å²) in [5.41, 5.74) is 4.55. The van der Waals surface area contributed by atoms with Gasteiger partial charge in [-0.05, 0) is 56.2 Å². The van der Waals surface area contributed by atoms with Crippen LogP contribution in [0.1, 0.15) is 27.3 Å². The Morgan fingerprint density at radius 2 is 1.88 bits per heavy atom. The van der Waals surface area contributed by atoms with Gasteiger partial charge in [-0.1, -0.05) is 36.0 Å². The third-order valence-corrected chi connectivity index (χ3v) is 6.55. The number of benzene rings is 2. The molecule has 2 aromatic heterocycles. The van der Waals surface area contributed by atoms with Crippen LogP contribution in [0.2, 0.25) is 0 Å². The number of carbonyl (C=O) groups is 1. The number of halogens is 1. The highest BCUT2D eigenvalue weighted by Gasteiger charge is 2.18. The van der Waals surface area contributed by atoms with Gasteiger partial charge in [0.15, 0.2) is 10.9 Å². The molecule has 33 heavy (non-hydrogen) atoms. The number of ether oxygens (including phenoxy) is 1. The third kappa shape index (κ3) is 5.01. The number of thioether (sulfide) groups is 1. The van der Waals surface area contributed by atoms with Crippen LogP contribution < -0.4 is 4.74 Å². The van der Waals surface area contributed by atoms with Crippen molar-refractivity contribution in [1.82, 2.24) is 19.3 Å². The van der Waals surface area contributed by atoms with E-state index < -0.39 is 0 Å². The summed E-state index contributed by atoms with van der Waals surface area (Å²) >= 11 is 1.35. The Labute approximate surface area is 196 Å². The first-order chi connectivity index (χ1) is 16.0. The van der Waals surface area contributed by atoms with Gasteiger partial charge in [0.2, 0.25) is 0 Å². The molecule has 0 unspecified atom stereocenters. The molecule has 2 heterocycles. The quantitative estimate of drug-likeness (QED) is 0.256. The largest absolute Gasteiger partial charge is 0.495 e. The fraction of sp³-hybridized carbons (Fsp3) is 0.240. The predicted octanol–water partition coefficient (Wildman–Crippen LogP) is 5.05. The molecule has 0 spiro atoms. The van der Waals surface area contributed by atoms with E-state index in [0.29, 0.717) is 16.5 Å². The molecule has 0 bridgehead atoms. The Morgan fingerprint density at radius 1 is 1.12 bits per heavy atom. The molecule has 0 aliphatic rings. The summed E-state index contributed by atoms with van der Waals surface area (Å²) in [7, 11) is 1.62. The Balaban J connectivity index is 1.45. The van der Waals surface area contributed by atoms with Gasteiger partial charge in [-0.3, -0.25) is 9.36 Å². The number of ketones is 1. The van der Waals surface area contributed by atoms with E-state index in [2.05, 4.69) is 14.8 Å². The lowest BCUT2D eigenvalue weighted by atomic mass is 10.1. The average Bonchev–Trinajstić information content (AvgIpc) is 3.41. The third-order valence-electron chi connectivity index (χ3n) is 5.60. The standard InChI is InChI=1S/C25H25FN4O2S/c1-17-14-21(18(2)29(17)13-12-19-8-10-20(26)11-9-19)23(31)15-33-25-28-27-16-30(25)22-6-4-5-7-24(22)32-3/h4-11,14,16H,12-13,15H2,1-3H3. The number of nitrogens with zero attached hydrogens (tertiary/aromatic N) is 4. The normalized spacial score (nSPS) is 11.0. The number of methoxy groups -OCH3 is 1. The fourth-order valence-electron chi connectivity index (χ4n) is 3.84. The van der Waals surface area contributed by atoms with Gasteiger partial charge in [0.25, 0.3) is 0 Å². The van der Waals surface area contributed by atoms with Gasteiger partial charge in [-0.25, -0.2) is 4.39 Å². The van der Waals surface area contributed by atoms with Gasteiger partial charge < -0.3 is 9.30 Å². The van der Waals surface area contributed by atoms with Gasteiger partial charge in [-0.15, -0.1) is 10.2 Å². The summed E-state index contributed by atoms with van der Waals surface area (Å²) in [6, 6.07) is 16.1. The molecule has 6 nitrogen and oxygen atoms in total. The number of aromatic nitrogens is 4. The summed E-state index contributed by atoms with van der Waals surface area (Å²) < 4.78 is 22.5. The molecule has 0 aliphatic heterocycles. The monoisotopic (exact) mass is 464 g/mol. The van der Waals surface area contributed by atoms with E-state index in [1.165, 1.54) is 23.9 Å². The van der Waals surface area contributed by atoms with Crippen LogP contribution in [-0.4, -0.2) is 38.0 Å². The smallest absolute Gasteiger partial charge is 0.196 e. The Kier molecular flexibility index (Phi) is 6.93. The van der Waals surface area contributed by atoms with Crippen molar-refractivity contribution in [3.8, 4) is 11.4 Å². The van der Waals surface area contributed by atoms with Crippen LogP contribution in [-0.2, 0) is 13.0 Å². The van der Waals surface area contributed by atoms with E-state index in [9.17, 15) is 9.18 Å². The zero-order valence-corrected chi connectivity index (χ0v) is 19.6. The second-order valence-electron chi connectivity index (χ2n) is 7.68. The Hall–Kier alpha value is -3.39. The van der Waals surface area contributed by atoms with Crippen molar-refractivity contribution in [2.45, 2.75) is 32.0 Å². The van der Waals surface area contributed by atoms with Crippen molar-refractivity contribution >= 4 is 17.5 Å². The summed E-state index contributed by atoms with van der Waals surface area (Å²) in [4.78, 5) is 13.1. The molecule has 0 atom stereocenters. The number of aryl methyl sites for hydroxylation is 2. The molecule has 0 saturated heterocycles. The molecule has 0 saturated carbocycles. The summed E-state index contributed by atoms with van der Waals surface area (Å²) in [5, 5.41) is 8.82. The van der Waals surface area contributed by atoms with Gasteiger partial charge in [0.1, 0.15) is 17.9 Å². The van der Waals surface area contributed by atoms with E-state index in [1.54, 1.807) is 25.6 Å². The fourth-order valence-corrected chi connectivity index (χ4v) is 4.65. The molecule has 0 amide bonds. The molecule has 0 aliphatic carbocycles. The van der Waals surface area contributed by atoms with Gasteiger partial charge in [0.05, 0.1) is 18.6 Å². The maximum atomic E-state index is 13.1. The lowest BCUT2D eigenvalue weighted by Crippen LogP contribution is -2.09. The van der Waals surface area contributed by atoms with Gasteiger partial charge >= 0.3 is 0 Å². The summed E-state index contributed by atoms with van der Waals surface area (Å²) in [6.07, 6.45) is 2.38. The van der Waals surface area contributed by atoms with Crippen LogP contribution in [0.15, 0.2) is 66.1 Å². The molecular weight excluding hydrogens is 439 g/mol. The lowest BCUT2D eigenvalue weighted by Gasteiger charge is -2.11. The highest BCUT2D eigenvalue weighted by atomic mass is 32.2. The van der Waals surface area contributed by atoms with Crippen LogP contribution >= 0.6 is 11.8 Å². The molecule has 4 aromatic rings. The first-order valence-electron chi connectivity index (χ1n) is 10.6. The Bertz CT molecular complexity index is 1260. The molecule has 8 heteroatoms. The van der Waals surface area contributed by atoms with Crippen LogP contribution in [0, 0.1) is 19.7 Å². The predicted molar refractivity (Wildman–Crippen MR) is 127 cm³/mol. The minimum Gasteiger partial charge on any atom is -0.495 e. The molecule has 0 N–H and O–H groups in total. The highest BCUT2D eigenvalue weighted by molar-refractivity contribution is 7.99. The maximum Gasteiger partial charge on any atom is 0.196 e.